The van der Waals surface area contributed by atoms with E-state index in [1.54, 1.807) is 0 Å². The molecule has 0 amide bonds. The van der Waals surface area contributed by atoms with E-state index in [-0.39, 0.29) is 80.1 Å². The van der Waals surface area contributed by atoms with Crippen LogP contribution < -0.4 is 48.1 Å². The van der Waals surface area contributed by atoms with Crippen LogP contribution in [0.15, 0.2) is 29.8 Å². The van der Waals surface area contributed by atoms with Crippen molar-refractivity contribution in [2.24, 2.45) is 0 Å². The number of halogens is 13. The van der Waals surface area contributed by atoms with Gasteiger partial charge in [-0.3, -0.25) is 0 Å². The number of hydrogen-bond donors (Lipinski definition) is 0. The van der Waals surface area contributed by atoms with Crippen LogP contribution >= 0.6 is 0 Å². The molecule has 0 saturated carbocycles. The Morgan fingerprint density at radius 2 is 0.892 bits per heavy atom. The van der Waals surface area contributed by atoms with Gasteiger partial charge in [-0.2, -0.15) is 17.7 Å². The Hall–Kier alpha value is -1.48. The largest absolute Gasteiger partial charge is 4.00 e. The van der Waals surface area contributed by atoms with Crippen LogP contribution in [0.2, 0.25) is 0 Å². The van der Waals surface area contributed by atoms with Gasteiger partial charge in [0.05, 0.1) is 0 Å². The number of allylic oxidation sites excluding steroid dienone is 1. The molecule has 0 aromatic heterocycles. The fourth-order valence-corrected chi connectivity index (χ4v) is 4.10. The molecule has 37 heavy (non-hydrogen) atoms. The minimum Gasteiger partial charge on any atom is -1.00 e. The minimum atomic E-state index is -2.55. The average molecular weight is 671 g/mol. The van der Waals surface area contributed by atoms with Crippen LogP contribution in [0.1, 0.15) is 23.9 Å². The van der Waals surface area contributed by atoms with Gasteiger partial charge in [0.1, 0.15) is 0 Å². The summed E-state index contributed by atoms with van der Waals surface area (Å²) >= 11 is 0. The van der Waals surface area contributed by atoms with Gasteiger partial charge >= 0.3 is 26.2 Å². The normalized spacial score (nSPS) is 13.4. The van der Waals surface area contributed by atoms with Gasteiger partial charge in [-0.05, 0) is 0 Å². The molecule has 0 spiro atoms. The first-order valence-corrected chi connectivity index (χ1v) is 9.21. The van der Waals surface area contributed by atoms with Gasteiger partial charge in [-0.15, -0.1) is 23.3 Å². The van der Waals surface area contributed by atoms with Crippen molar-refractivity contribution in [1.82, 2.24) is 0 Å². The molecule has 15 heteroatoms. The summed E-state index contributed by atoms with van der Waals surface area (Å²) in [5.74, 6) is -26.2. The fourth-order valence-electron chi connectivity index (χ4n) is 4.10. The topological polar surface area (TPSA) is 0 Å². The van der Waals surface area contributed by atoms with Crippen molar-refractivity contribution in [3.63, 3.8) is 0 Å². The predicted octanol–water partition coefficient (Wildman–Crippen LogP) is -3.87. The van der Waals surface area contributed by atoms with Crippen molar-refractivity contribution in [3.05, 3.63) is 105 Å². The maximum Gasteiger partial charge on any atom is 4.00 e. The zero-order chi connectivity index (χ0) is 24.4. The zero-order valence-electron chi connectivity index (χ0n) is 17.9. The van der Waals surface area contributed by atoms with Gasteiger partial charge in [0.25, 0.3) is 0 Å². The summed E-state index contributed by atoms with van der Waals surface area (Å²) < 4.78 is 142. The third-order valence-corrected chi connectivity index (χ3v) is 5.54. The number of fused-ring (bicyclic) bond motifs is 1. The van der Waals surface area contributed by atoms with Gasteiger partial charge in [-0.25, -0.2) is 43.9 Å². The number of benzene rings is 3. The molecule has 0 saturated heterocycles. The second kappa shape index (κ2) is 13.0. The van der Waals surface area contributed by atoms with Crippen LogP contribution in [0.5, 0.6) is 0 Å². The molecule has 3 aromatic carbocycles. The molecule has 0 heterocycles. The molecule has 194 valence electrons. The molecule has 1 atom stereocenters. The second-order valence-electron chi connectivity index (χ2n) is 7.32. The molecular formula is C22H8BCl3F10Zr. The fraction of sp³-hybridized carbons (Fsp3) is 0.0909. The maximum absolute atomic E-state index is 14.8. The van der Waals surface area contributed by atoms with E-state index in [1.165, 1.54) is 31.2 Å². The molecule has 0 radical (unpaired) electrons. The first kappa shape index (κ1) is 35.5. The first-order valence-electron chi connectivity index (χ1n) is 9.21. The molecular weight excluding hydrogens is 663 g/mol. The van der Waals surface area contributed by atoms with Crippen LogP contribution in [0.25, 0.3) is 0 Å². The van der Waals surface area contributed by atoms with E-state index >= 15 is 0 Å². The predicted molar refractivity (Wildman–Crippen MR) is 98.2 cm³/mol. The van der Waals surface area contributed by atoms with E-state index in [1.807, 2.05) is 0 Å². The summed E-state index contributed by atoms with van der Waals surface area (Å²) in [6, 6.07) is 5.66. The summed E-state index contributed by atoms with van der Waals surface area (Å²) in [7, 11) is 0. The van der Waals surface area contributed by atoms with Gasteiger partial charge in [0, 0.05) is 10.9 Å². The number of hydrogen-bond acceptors (Lipinski definition) is 0. The Kier molecular flexibility index (Phi) is 12.5. The molecule has 0 fully saturated rings. The molecule has 4 rings (SSSR count). The van der Waals surface area contributed by atoms with Crippen molar-refractivity contribution >= 4 is 17.6 Å². The average Bonchev–Trinajstić information content (AvgIpc) is 3.13. The Bertz CT molecular complexity index is 1240. The Morgan fingerprint density at radius 1 is 0.568 bits per heavy atom. The zero-order valence-corrected chi connectivity index (χ0v) is 22.6. The van der Waals surface area contributed by atoms with E-state index in [9.17, 15) is 43.9 Å². The standard InChI is InChI=1S/C22H8BF10.3ClH.Zr/c1-7-6-8-4-2-3-5-9(8)10(7)23(11-13(24)17(28)21(32)18(29)14(11)25)12-15(26)19(30)22(33)20(31)16(12)27;;;;/h2-5,10H,1H3;3*1H;/q-1;;;;+4/p-3. The molecule has 1 unspecified atom stereocenters. The van der Waals surface area contributed by atoms with Crippen LogP contribution in [0.3, 0.4) is 0 Å². The van der Waals surface area contributed by atoms with Crippen molar-refractivity contribution in [2.75, 3.05) is 0 Å². The maximum atomic E-state index is 14.8. The van der Waals surface area contributed by atoms with Crippen molar-refractivity contribution in [1.29, 1.82) is 0 Å². The van der Waals surface area contributed by atoms with E-state index < -0.39 is 81.6 Å². The van der Waals surface area contributed by atoms with Crippen LogP contribution in [0, 0.1) is 64.2 Å². The van der Waals surface area contributed by atoms with E-state index in [0.717, 1.165) is 0 Å². The summed E-state index contributed by atoms with van der Waals surface area (Å²) in [5.41, 5.74) is -3.14. The Morgan fingerprint density at radius 3 is 1.27 bits per heavy atom. The van der Waals surface area contributed by atoms with Gasteiger partial charge in [0.15, 0.2) is 58.2 Å². The van der Waals surface area contributed by atoms with E-state index in [4.69, 9.17) is 0 Å². The van der Waals surface area contributed by atoms with E-state index in [0.29, 0.717) is 0 Å². The quantitative estimate of drug-likeness (QED) is 0.0881. The molecule has 0 N–H and O–H groups in total. The second-order valence-corrected chi connectivity index (χ2v) is 7.32. The Labute approximate surface area is 241 Å². The molecule has 0 nitrogen and oxygen atoms in total. The summed E-state index contributed by atoms with van der Waals surface area (Å²) in [5, 5.41) is 0. The third kappa shape index (κ3) is 5.49. The summed E-state index contributed by atoms with van der Waals surface area (Å²) in [6.07, 6.45) is 2.73. The minimum absolute atomic E-state index is 0. The van der Waals surface area contributed by atoms with E-state index in [2.05, 4.69) is 6.08 Å². The van der Waals surface area contributed by atoms with Crippen LogP contribution in [-0.4, -0.2) is 6.71 Å². The summed E-state index contributed by atoms with van der Waals surface area (Å²) in [6.45, 7) is -1.24. The van der Waals surface area contributed by atoms with Crippen LogP contribution in [-0.2, 0) is 26.2 Å². The third-order valence-electron chi connectivity index (χ3n) is 5.54. The Balaban J connectivity index is 0.00000324. The number of rotatable bonds is 3. The molecule has 1 aliphatic carbocycles. The molecule has 3 aromatic rings. The van der Waals surface area contributed by atoms with Gasteiger partial charge < -0.3 is 37.2 Å². The first-order chi connectivity index (χ1) is 15.5. The molecule has 0 aliphatic heterocycles. The molecule has 0 bridgehead atoms. The SMILES string of the molecule is CC1=[C-]c2ccccc2C1B(c1c(F)c(F)c(F)c(F)c1F)c1c(F)c(F)c(F)c(F)c1F.[Cl-].[Cl-].[Cl-].[Zr+4]. The van der Waals surface area contributed by atoms with Crippen molar-refractivity contribution in [3.8, 4) is 0 Å². The molecule has 1 aliphatic rings. The van der Waals surface area contributed by atoms with Gasteiger partial charge in [0.2, 0.25) is 6.71 Å². The summed E-state index contributed by atoms with van der Waals surface area (Å²) in [4.78, 5) is 0. The van der Waals surface area contributed by atoms with Crippen molar-refractivity contribution in [2.45, 2.75) is 12.7 Å². The van der Waals surface area contributed by atoms with Crippen LogP contribution in [0.4, 0.5) is 43.9 Å². The van der Waals surface area contributed by atoms with Gasteiger partial charge in [-0.1, -0.05) is 18.8 Å². The van der Waals surface area contributed by atoms with Crippen molar-refractivity contribution < 1.29 is 107 Å². The smallest absolute Gasteiger partial charge is 1.00 e. The monoisotopic (exact) mass is 668 g/mol.